The summed E-state index contributed by atoms with van der Waals surface area (Å²) in [6.07, 6.45) is 7.07. The zero-order valence-electron chi connectivity index (χ0n) is 23.8. The van der Waals surface area contributed by atoms with Crippen LogP contribution in [0.3, 0.4) is 0 Å². The molecule has 0 aromatic carbocycles. The van der Waals surface area contributed by atoms with Crippen LogP contribution < -0.4 is 5.32 Å². The smallest absolute Gasteiger partial charge is 0.432 e. The van der Waals surface area contributed by atoms with Crippen molar-refractivity contribution in [2.75, 3.05) is 11.9 Å². The number of anilines is 1. The van der Waals surface area contributed by atoms with Gasteiger partial charge in [-0.1, -0.05) is 0 Å². The molecule has 0 bridgehead atoms. The van der Waals surface area contributed by atoms with Gasteiger partial charge in [0.2, 0.25) is 5.95 Å². The van der Waals surface area contributed by atoms with Gasteiger partial charge in [0.05, 0.1) is 30.1 Å². The Morgan fingerprint density at radius 3 is 2.65 bits per heavy atom. The fourth-order valence-corrected chi connectivity index (χ4v) is 5.50. The SMILES string of the molecule is CCOC1CCC(n2cc(NC(=O)c3csc(-c4cnn(COC(=O)OC(C)C)c4)n3)c(-c3nc(F)ccc3F)n2)CC1. The lowest BCUT2D eigenvalue weighted by molar-refractivity contribution is 0.0132. The maximum Gasteiger partial charge on any atom is 0.510 e. The van der Waals surface area contributed by atoms with Crippen LogP contribution in [-0.2, 0) is 20.9 Å². The Labute approximate surface area is 250 Å². The number of amides is 1. The van der Waals surface area contributed by atoms with Gasteiger partial charge in [-0.05, 0) is 58.6 Å². The fourth-order valence-electron chi connectivity index (χ4n) is 4.73. The van der Waals surface area contributed by atoms with Crippen LogP contribution in [0.15, 0.2) is 36.1 Å². The van der Waals surface area contributed by atoms with E-state index in [1.807, 2.05) is 6.92 Å². The Bertz CT molecular complexity index is 1580. The second-order valence-corrected chi connectivity index (χ2v) is 11.0. The lowest BCUT2D eigenvalue weighted by Gasteiger charge is -2.28. The monoisotopic (exact) mass is 615 g/mol. The van der Waals surface area contributed by atoms with Gasteiger partial charge in [-0.25, -0.2) is 23.8 Å². The number of thiazole rings is 1. The van der Waals surface area contributed by atoms with Crippen LogP contribution in [0.5, 0.6) is 0 Å². The highest BCUT2D eigenvalue weighted by molar-refractivity contribution is 7.13. The summed E-state index contributed by atoms with van der Waals surface area (Å²) in [6, 6.07) is 1.89. The normalized spacial score (nSPS) is 16.8. The predicted octanol–water partition coefficient (Wildman–Crippen LogP) is 5.83. The van der Waals surface area contributed by atoms with E-state index in [9.17, 15) is 18.4 Å². The van der Waals surface area contributed by atoms with Crippen molar-refractivity contribution in [1.29, 1.82) is 0 Å². The Morgan fingerprint density at radius 1 is 1.12 bits per heavy atom. The molecule has 1 aliphatic carbocycles. The number of carbonyl (C=O) groups is 2. The second-order valence-electron chi connectivity index (χ2n) is 10.2. The number of hydrogen-bond donors (Lipinski definition) is 1. The number of hydrogen-bond acceptors (Lipinski definition) is 10. The minimum atomic E-state index is -0.868. The molecule has 0 radical (unpaired) electrons. The van der Waals surface area contributed by atoms with Crippen molar-refractivity contribution in [3.8, 4) is 22.0 Å². The third kappa shape index (κ3) is 7.40. The van der Waals surface area contributed by atoms with E-state index in [-0.39, 0.29) is 47.7 Å². The minimum absolute atomic E-state index is 0.00338. The molecule has 0 spiro atoms. The molecule has 0 saturated heterocycles. The third-order valence-corrected chi connectivity index (χ3v) is 7.59. The molecular formula is C28H31F2N7O5S. The van der Waals surface area contributed by atoms with Gasteiger partial charge < -0.3 is 19.5 Å². The topological polar surface area (TPSA) is 135 Å². The first-order chi connectivity index (χ1) is 20.7. The zero-order chi connectivity index (χ0) is 30.5. The minimum Gasteiger partial charge on any atom is -0.432 e. The summed E-state index contributed by atoms with van der Waals surface area (Å²) >= 11 is 1.21. The van der Waals surface area contributed by atoms with Crippen LogP contribution in [0.25, 0.3) is 22.0 Å². The van der Waals surface area contributed by atoms with E-state index in [0.717, 1.165) is 37.8 Å². The van der Waals surface area contributed by atoms with Crippen LogP contribution in [-0.4, -0.2) is 60.4 Å². The van der Waals surface area contributed by atoms with Crippen molar-refractivity contribution in [2.24, 2.45) is 0 Å². The quantitative estimate of drug-likeness (QED) is 0.173. The van der Waals surface area contributed by atoms with Gasteiger partial charge in [-0.3, -0.25) is 9.48 Å². The van der Waals surface area contributed by atoms with Gasteiger partial charge in [0.15, 0.2) is 12.5 Å². The van der Waals surface area contributed by atoms with E-state index >= 15 is 0 Å². The molecule has 4 aromatic rings. The summed E-state index contributed by atoms with van der Waals surface area (Å²) in [6.45, 7) is 5.87. The van der Waals surface area contributed by atoms with E-state index in [2.05, 4.69) is 25.5 Å². The van der Waals surface area contributed by atoms with Gasteiger partial charge >= 0.3 is 6.16 Å². The van der Waals surface area contributed by atoms with E-state index in [1.54, 1.807) is 36.3 Å². The molecule has 1 N–H and O–H groups in total. The highest BCUT2D eigenvalue weighted by Gasteiger charge is 2.27. The van der Waals surface area contributed by atoms with Crippen LogP contribution in [0.4, 0.5) is 19.3 Å². The Hall–Kier alpha value is -4.24. The van der Waals surface area contributed by atoms with Crippen LogP contribution in [0, 0.1) is 11.8 Å². The maximum absolute atomic E-state index is 14.8. The Balaban J connectivity index is 1.32. The number of ether oxygens (including phenoxy) is 3. The lowest BCUT2D eigenvalue weighted by atomic mass is 9.93. The standard InChI is InChI=1S/C28H31F2N7O5S/c1-4-40-19-7-5-18(6-8-19)37-13-21(25(35-37)24-20(29)9-10-23(30)34-24)32-26(38)22-14-43-27(33-22)17-11-31-36(12-17)15-41-28(39)42-16(2)3/h9-14,16,18-19H,4-8,15H2,1-3H3,(H,32,38). The first-order valence-corrected chi connectivity index (χ1v) is 14.7. The molecule has 0 unspecified atom stereocenters. The fraction of sp³-hybridized carbons (Fsp3) is 0.429. The summed E-state index contributed by atoms with van der Waals surface area (Å²) in [5, 5.41) is 13.5. The highest BCUT2D eigenvalue weighted by atomic mass is 32.1. The molecule has 1 saturated carbocycles. The number of nitrogens with zero attached hydrogens (tertiary/aromatic N) is 6. The summed E-state index contributed by atoms with van der Waals surface area (Å²) in [4.78, 5) is 33.0. The molecule has 0 aliphatic heterocycles. The number of halogens is 2. The molecule has 12 nitrogen and oxygen atoms in total. The van der Waals surface area contributed by atoms with Crippen molar-refractivity contribution in [2.45, 2.75) is 71.4 Å². The van der Waals surface area contributed by atoms with Crippen molar-refractivity contribution in [1.82, 2.24) is 29.5 Å². The molecule has 1 amide bonds. The summed E-state index contributed by atoms with van der Waals surface area (Å²) in [5.74, 6) is -2.20. The molecule has 1 aliphatic rings. The zero-order valence-corrected chi connectivity index (χ0v) is 24.6. The summed E-state index contributed by atoms with van der Waals surface area (Å²) < 4.78 is 47.5. The lowest BCUT2D eigenvalue weighted by Crippen LogP contribution is -2.24. The molecule has 4 heterocycles. The number of rotatable bonds is 10. The molecule has 4 aromatic heterocycles. The number of nitrogens with one attached hydrogen (secondary N) is 1. The van der Waals surface area contributed by atoms with Gasteiger partial charge in [-0.15, -0.1) is 11.3 Å². The number of aromatic nitrogens is 6. The van der Waals surface area contributed by atoms with E-state index in [4.69, 9.17) is 14.2 Å². The second kappa shape index (κ2) is 13.4. The van der Waals surface area contributed by atoms with Gasteiger partial charge in [0, 0.05) is 29.9 Å². The molecule has 15 heteroatoms. The van der Waals surface area contributed by atoms with Gasteiger partial charge in [0.1, 0.15) is 22.1 Å². The number of pyridine rings is 1. The van der Waals surface area contributed by atoms with Crippen LogP contribution >= 0.6 is 11.3 Å². The molecule has 0 atom stereocenters. The van der Waals surface area contributed by atoms with E-state index in [1.165, 1.54) is 22.2 Å². The van der Waals surface area contributed by atoms with Crippen LogP contribution in [0.2, 0.25) is 0 Å². The van der Waals surface area contributed by atoms with Gasteiger partial charge in [-0.2, -0.15) is 14.6 Å². The maximum atomic E-state index is 14.8. The molecule has 1 fully saturated rings. The van der Waals surface area contributed by atoms with Crippen molar-refractivity contribution < 1.29 is 32.6 Å². The first-order valence-electron chi connectivity index (χ1n) is 13.9. The molecule has 5 rings (SSSR count). The summed E-state index contributed by atoms with van der Waals surface area (Å²) in [5.41, 5.74) is 0.606. The van der Waals surface area contributed by atoms with Crippen molar-refractivity contribution in [3.63, 3.8) is 0 Å². The highest BCUT2D eigenvalue weighted by Crippen LogP contribution is 2.34. The van der Waals surface area contributed by atoms with Crippen LogP contribution in [0.1, 0.15) is 63.0 Å². The predicted molar refractivity (Wildman–Crippen MR) is 152 cm³/mol. The van der Waals surface area contributed by atoms with E-state index < -0.39 is 23.8 Å². The number of carbonyl (C=O) groups excluding carboxylic acids is 2. The van der Waals surface area contributed by atoms with Gasteiger partial charge in [0.25, 0.3) is 5.91 Å². The van der Waals surface area contributed by atoms with Crippen molar-refractivity contribution >= 4 is 29.1 Å². The molecular weight excluding hydrogens is 584 g/mol. The Kier molecular flexibility index (Phi) is 9.40. The Morgan fingerprint density at radius 2 is 1.91 bits per heavy atom. The molecule has 43 heavy (non-hydrogen) atoms. The third-order valence-electron chi connectivity index (χ3n) is 6.70. The first kappa shape index (κ1) is 30.2. The largest absolute Gasteiger partial charge is 0.510 e. The summed E-state index contributed by atoms with van der Waals surface area (Å²) in [7, 11) is 0. The average molecular weight is 616 g/mol. The van der Waals surface area contributed by atoms with E-state index in [0.29, 0.717) is 17.2 Å². The molecule has 228 valence electrons. The van der Waals surface area contributed by atoms with Crippen molar-refractivity contribution in [3.05, 3.63) is 53.6 Å². The average Bonchev–Trinajstić information content (AvgIpc) is 3.74.